The lowest BCUT2D eigenvalue weighted by atomic mass is 10.3. The fourth-order valence-electron chi connectivity index (χ4n) is 1.60. The van der Waals surface area contributed by atoms with E-state index in [0.717, 1.165) is 24.6 Å². The van der Waals surface area contributed by atoms with E-state index in [0.29, 0.717) is 6.04 Å². The lowest BCUT2D eigenvalue weighted by Gasteiger charge is -2.10. The Morgan fingerprint density at radius 2 is 2.11 bits per heavy atom. The monoisotopic (exact) mass is 262 g/mol. The SMILES string of the molecule is CC(C)Nc1cc(NCCc2cccs2)ncn1. The second kappa shape index (κ2) is 6.35. The molecule has 0 atom stereocenters. The van der Waals surface area contributed by atoms with Gasteiger partial charge in [-0.1, -0.05) is 6.07 Å². The molecule has 0 saturated heterocycles. The van der Waals surface area contributed by atoms with Crippen LogP contribution in [0.1, 0.15) is 18.7 Å². The van der Waals surface area contributed by atoms with E-state index in [-0.39, 0.29) is 0 Å². The molecule has 0 aliphatic heterocycles. The molecule has 2 rings (SSSR count). The van der Waals surface area contributed by atoms with Gasteiger partial charge in [0.25, 0.3) is 0 Å². The van der Waals surface area contributed by atoms with Crippen molar-refractivity contribution < 1.29 is 0 Å². The molecule has 18 heavy (non-hydrogen) atoms. The molecular formula is C13H18N4S. The molecule has 2 N–H and O–H groups in total. The molecule has 0 aliphatic carbocycles. The number of hydrogen-bond acceptors (Lipinski definition) is 5. The largest absolute Gasteiger partial charge is 0.370 e. The Hall–Kier alpha value is -1.62. The first-order valence-electron chi connectivity index (χ1n) is 6.09. The van der Waals surface area contributed by atoms with Crippen LogP contribution >= 0.6 is 11.3 Å². The van der Waals surface area contributed by atoms with Crippen molar-refractivity contribution in [2.45, 2.75) is 26.3 Å². The Morgan fingerprint density at radius 3 is 2.83 bits per heavy atom. The van der Waals surface area contributed by atoms with E-state index in [1.807, 2.05) is 6.07 Å². The zero-order valence-corrected chi connectivity index (χ0v) is 11.5. The maximum atomic E-state index is 4.21. The van der Waals surface area contributed by atoms with Crippen LogP contribution in [0.3, 0.4) is 0 Å². The van der Waals surface area contributed by atoms with Crippen LogP contribution < -0.4 is 10.6 Å². The second-order valence-corrected chi connectivity index (χ2v) is 5.38. The van der Waals surface area contributed by atoms with Crippen molar-refractivity contribution in [3.05, 3.63) is 34.8 Å². The first-order chi connectivity index (χ1) is 8.74. The molecule has 0 fully saturated rings. The summed E-state index contributed by atoms with van der Waals surface area (Å²) in [5, 5.41) is 8.67. The van der Waals surface area contributed by atoms with Crippen LogP contribution in [-0.4, -0.2) is 22.6 Å². The first kappa shape index (κ1) is 12.8. The van der Waals surface area contributed by atoms with Crippen molar-refractivity contribution in [2.75, 3.05) is 17.2 Å². The summed E-state index contributed by atoms with van der Waals surface area (Å²) >= 11 is 1.78. The average Bonchev–Trinajstić information content (AvgIpc) is 2.82. The molecule has 0 bridgehead atoms. The van der Waals surface area contributed by atoms with Crippen molar-refractivity contribution in [3.63, 3.8) is 0 Å². The summed E-state index contributed by atoms with van der Waals surface area (Å²) in [5.74, 6) is 1.73. The first-order valence-corrected chi connectivity index (χ1v) is 6.97. The summed E-state index contributed by atoms with van der Waals surface area (Å²) < 4.78 is 0. The van der Waals surface area contributed by atoms with E-state index >= 15 is 0 Å². The van der Waals surface area contributed by atoms with E-state index in [1.165, 1.54) is 4.88 Å². The van der Waals surface area contributed by atoms with E-state index in [2.05, 4.69) is 52.0 Å². The summed E-state index contributed by atoms with van der Waals surface area (Å²) in [4.78, 5) is 9.77. The van der Waals surface area contributed by atoms with Gasteiger partial charge in [0.2, 0.25) is 0 Å². The van der Waals surface area contributed by atoms with Crippen LogP contribution in [0.15, 0.2) is 29.9 Å². The van der Waals surface area contributed by atoms with E-state index in [4.69, 9.17) is 0 Å². The number of hydrogen-bond donors (Lipinski definition) is 2. The number of thiophene rings is 1. The van der Waals surface area contributed by atoms with Crippen molar-refractivity contribution in [1.82, 2.24) is 9.97 Å². The Kier molecular flexibility index (Phi) is 4.52. The molecule has 0 unspecified atom stereocenters. The highest BCUT2D eigenvalue weighted by molar-refractivity contribution is 7.09. The Morgan fingerprint density at radius 1 is 1.28 bits per heavy atom. The fraction of sp³-hybridized carbons (Fsp3) is 0.385. The van der Waals surface area contributed by atoms with Crippen molar-refractivity contribution in [1.29, 1.82) is 0 Å². The minimum absolute atomic E-state index is 0.374. The molecule has 4 nitrogen and oxygen atoms in total. The van der Waals surface area contributed by atoms with Crippen molar-refractivity contribution in [2.24, 2.45) is 0 Å². The van der Waals surface area contributed by atoms with Gasteiger partial charge in [-0.25, -0.2) is 9.97 Å². The molecule has 96 valence electrons. The summed E-state index contributed by atoms with van der Waals surface area (Å²) in [7, 11) is 0. The van der Waals surface area contributed by atoms with Gasteiger partial charge in [0.1, 0.15) is 18.0 Å². The van der Waals surface area contributed by atoms with E-state index in [1.54, 1.807) is 17.7 Å². The van der Waals surface area contributed by atoms with E-state index in [9.17, 15) is 0 Å². The van der Waals surface area contributed by atoms with Crippen LogP contribution in [0.5, 0.6) is 0 Å². The van der Waals surface area contributed by atoms with Crippen molar-refractivity contribution >= 4 is 23.0 Å². The minimum Gasteiger partial charge on any atom is -0.370 e. The summed E-state index contributed by atoms with van der Waals surface area (Å²) in [5.41, 5.74) is 0. The van der Waals surface area contributed by atoms with Crippen LogP contribution in [0, 0.1) is 0 Å². The smallest absolute Gasteiger partial charge is 0.131 e. The maximum absolute atomic E-state index is 4.21. The summed E-state index contributed by atoms with van der Waals surface area (Å²) in [6.45, 7) is 5.07. The Bertz CT molecular complexity index is 468. The number of nitrogens with zero attached hydrogens (tertiary/aromatic N) is 2. The molecule has 0 radical (unpaired) electrons. The van der Waals surface area contributed by atoms with Gasteiger partial charge < -0.3 is 10.6 Å². The zero-order valence-electron chi connectivity index (χ0n) is 10.7. The highest BCUT2D eigenvalue weighted by Crippen LogP contribution is 2.11. The molecule has 0 saturated carbocycles. The van der Waals surface area contributed by atoms with Crippen LogP contribution in [0.2, 0.25) is 0 Å². The summed E-state index contributed by atoms with van der Waals surface area (Å²) in [6.07, 6.45) is 2.60. The van der Waals surface area contributed by atoms with Gasteiger partial charge in [0.15, 0.2) is 0 Å². The molecular weight excluding hydrogens is 244 g/mol. The number of aromatic nitrogens is 2. The normalized spacial score (nSPS) is 10.6. The maximum Gasteiger partial charge on any atom is 0.131 e. The van der Waals surface area contributed by atoms with Crippen molar-refractivity contribution in [3.8, 4) is 0 Å². The quantitative estimate of drug-likeness (QED) is 0.840. The van der Waals surface area contributed by atoms with Gasteiger partial charge in [0.05, 0.1) is 0 Å². The third-order valence-corrected chi connectivity index (χ3v) is 3.30. The fourth-order valence-corrected chi connectivity index (χ4v) is 2.31. The highest BCUT2D eigenvalue weighted by atomic mass is 32.1. The highest BCUT2D eigenvalue weighted by Gasteiger charge is 2.00. The Balaban J connectivity index is 1.85. The average molecular weight is 262 g/mol. The van der Waals surface area contributed by atoms with Gasteiger partial charge in [-0.15, -0.1) is 11.3 Å². The molecule has 0 amide bonds. The minimum atomic E-state index is 0.374. The summed E-state index contributed by atoms with van der Waals surface area (Å²) in [6, 6.07) is 6.54. The lowest BCUT2D eigenvalue weighted by molar-refractivity contribution is 0.885. The number of anilines is 2. The zero-order chi connectivity index (χ0) is 12.8. The molecule has 0 aromatic carbocycles. The molecule has 2 aromatic heterocycles. The lowest BCUT2D eigenvalue weighted by Crippen LogP contribution is -2.12. The van der Waals surface area contributed by atoms with E-state index < -0.39 is 0 Å². The third-order valence-electron chi connectivity index (χ3n) is 2.36. The van der Waals surface area contributed by atoms with Crippen LogP contribution in [0.4, 0.5) is 11.6 Å². The van der Waals surface area contributed by atoms with Crippen LogP contribution in [0.25, 0.3) is 0 Å². The van der Waals surface area contributed by atoms with Gasteiger partial charge in [0, 0.05) is 23.5 Å². The molecule has 0 aliphatic rings. The Labute approximate surface area is 111 Å². The standard InChI is InChI=1S/C13H18N4S/c1-10(2)17-13-8-12(15-9-16-13)14-6-5-11-4-3-7-18-11/h3-4,7-10H,5-6H2,1-2H3,(H2,14,15,16,17). The number of nitrogens with one attached hydrogen (secondary N) is 2. The second-order valence-electron chi connectivity index (χ2n) is 4.34. The number of rotatable bonds is 6. The van der Waals surface area contributed by atoms with Crippen LogP contribution in [-0.2, 0) is 6.42 Å². The molecule has 5 heteroatoms. The van der Waals surface area contributed by atoms with Gasteiger partial charge in [-0.2, -0.15) is 0 Å². The predicted molar refractivity (Wildman–Crippen MR) is 77.3 cm³/mol. The van der Waals surface area contributed by atoms with Gasteiger partial charge in [-0.3, -0.25) is 0 Å². The molecule has 2 heterocycles. The van der Waals surface area contributed by atoms with Gasteiger partial charge in [-0.05, 0) is 31.7 Å². The third kappa shape index (κ3) is 4.00. The van der Waals surface area contributed by atoms with Gasteiger partial charge >= 0.3 is 0 Å². The topological polar surface area (TPSA) is 49.8 Å². The molecule has 0 spiro atoms. The predicted octanol–water partition coefficient (Wildman–Crippen LogP) is 3.01. The molecule has 2 aromatic rings.